The van der Waals surface area contributed by atoms with E-state index in [1.54, 1.807) is 6.07 Å². The molecule has 0 aromatic heterocycles. The molecule has 0 heterocycles. The Morgan fingerprint density at radius 3 is 2.43 bits per heavy atom. The minimum Gasteiger partial charge on any atom is -0.308 e. The molecule has 0 bridgehead atoms. The molecule has 1 nitrogen and oxygen atoms in total. The molecule has 0 atom stereocenters. The molecule has 0 aliphatic rings. The van der Waals surface area contributed by atoms with Crippen molar-refractivity contribution in [3.05, 3.63) is 58.3 Å². The van der Waals surface area contributed by atoms with Crippen LogP contribution >= 0.6 is 27.7 Å². The molecule has 2 aromatic carbocycles. The first kappa shape index (κ1) is 16.5. The van der Waals surface area contributed by atoms with Crippen molar-refractivity contribution in [2.45, 2.75) is 42.6 Å². The first-order valence-electron chi connectivity index (χ1n) is 6.81. The monoisotopic (exact) mass is 367 g/mol. The summed E-state index contributed by atoms with van der Waals surface area (Å²) in [5, 5.41) is 3.36. The van der Waals surface area contributed by atoms with Crippen LogP contribution in [0, 0.1) is 5.82 Å². The standard InChI is InChI=1S/C17H19BrFNS/c1-17(2,3)20-11-12-8-9-16(14(19)10-12)21-15-7-5-4-6-13(15)18/h4-10,20H,11H2,1-3H3. The molecule has 0 spiro atoms. The van der Waals surface area contributed by atoms with Gasteiger partial charge in [-0.3, -0.25) is 0 Å². The van der Waals surface area contributed by atoms with Crippen LogP contribution in [0.3, 0.4) is 0 Å². The number of rotatable bonds is 4. The van der Waals surface area contributed by atoms with Crippen molar-refractivity contribution >= 4 is 27.7 Å². The second kappa shape index (κ2) is 6.95. The van der Waals surface area contributed by atoms with Gasteiger partial charge in [-0.25, -0.2) is 4.39 Å². The predicted molar refractivity (Wildman–Crippen MR) is 91.3 cm³/mol. The SMILES string of the molecule is CC(C)(C)NCc1ccc(Sc2ccccc2Br)c(F)c1. The van der Waals surface area contributed by atoms with Gasteiger partial charge in [-0.15, -0.1) is 0 Å². The van der Waals surface area contributed by atoms with E-state index in [-0.39, 0.29) is 11.4 Å². The van der Waals surface area contributed by atoms with Gasteiger partial charge in [-0.1, -0.05) is 30.0 Å². The Morgan fingerprint density at radius 2 is 1.81 bits per heavy atom. The van der Waals surface area contributed by atoms with Crippen LogP contribution in [-0.4, -0.2) is 5.54 Å². The van der Waals surface area contributed by atoms with Crippen LogP contribution < -0.4 is 5.32 Å². The minimum atomic E-state index is -0.177. The quantitative estimate of drug-likeness (QED) is 0.751. The molecule has 0 aliphatic carbocycles. The van der Waals surface area contributed by atoms with Crippen molar-refractivity contribution in [2.75, 3.05) is 0 Å². The molecule has 4 heteroatoms. The van der Waals surface area contributed by atoms with Gasteiger partial charge >= 0.3 is 0 Å². The van der Waals surface area contributed by atoms with E-state index in [9.17, 15) is 4.39 Å². The summed E-state index contributed by atoms with van der Waals surface area (Å²) >= 11 is 4.92. The smallest absolute Gasteiger partial charge is 0.137 e. The summed E-state index contributed by atoms with van der Waals surface area (Å²) in [6.07, 6.45) is 0. The molecule has 112 valence electrons. The van der Waals surface area contributed by atoms with Gasteiger partial charge in [0.2, 0.25) is 0 Å². The fourth-order valence-electron chi connectivity index (χ4n) is 1.75. The lowest BCUT2D eigenvalue weighted by Gasteiger charge is -2.20. The third-order valence-electron chi connectivity index (χ3n) is 2.88. The lowest BCUT2D eigenvalue weighted by Crippen LogP contribution is -2.35. The highest BCUT2D eigenvalue weighted by atomic mass is 79.9. The summed E-state index contributed by atoms with van der Waals surface area (Å²) in [5.41, 5.74) is 0.984. The third kappa shape index (κ3) is 5.13. The second-order valence-electron chi connectivity index (χ2n) is 5.90. The van der Waals surface area contributed by atoms with Crippen molar-refractivity contribution in [3.8, 4) is 0 Å². The van der Waals surface area contributed by atoms with Crippen LogP contribution in [0.4, 0.5) is 4.39 Å². The average molecular weight is 368 g/mol. The Labute approximate surface area is 138 Å². The molecule has 0 amide bonds. The number of benzene rings is 2. The minimum absolute atomic E-state index is 0.0266. The van der Waals surface area contributed by atoms with Crippen LogP contribution in [0.5, 0.6) is 0 Å². The highest BCUT2D eigenvalue weighted by Gasteiger charge is 2.11. The molecule has 0 aliphatic heterocycles. The molecule has 1 N–H and O–H groups in total. The predicted octanol–water partition coefficient (Wildman–Crippen LogP) is 5.63. The number of hydrogen-bond acceptors (Lipinski definition) is 2. The lowest BCUT2D eigenvalue weighted by atomic mass is 10.1. The molecule has 0 saturated carbocycles. The Bertz CT molecular complexity index is 622. The van der Waals surface area contributed by atoms with E-state index in [1.165, 1.54) is 11.8 Å². The van der Waals surface area contributed by atoms with Crippen LogP contribution in [0.2, 0.25) is 0 Å². The van der Waals surface area contributed by atoms with Gasteiger partial charge in [-0.2, -0.15) is 0 Å². The van der Waals surface area contributed by atoms with E-state index in [2.05, 4.69) is 42.0 Å². The zero-order chi connectivity index (χ0) is 15.5. The summed E-state index contributed by atoms with van der Waals surface area (Å²) < 4.78 is 15.2. The van der Waals surface area contributed by atoms with Crippen LogP contribution in [0.15, 0.2) is 56.7 Å². The Kier molecular flexibility index (Phi) is 5.47. The van der Waals surface area contributed by atoms with Gasteiger partial charge in [0, 0.05) is 26.3 Å². The first-order chi connectivity index (χ1) is 9.85. The van der Waals surface area contributed by atoms with E-state index >= 15 is 0 Å². The average Bonchev–Trinajstić information content (AvgIpc) is 2.41. The van der Waals surface area contributed by atoms with E-state index < -0.39 is 0 Å². The molecule has 0 radical (unpaired) electrons. The fraction of sp³-hybridized carbons (Fsp3) is 0.294. The second-order valence-corrected chi connectivity index (χ2v) is 7.84. The molecular weight excluding hydrogens is 349 g/mol. The Hall–Kier alpha value is -0.840. The van der Waals surface area contributed by atoms with E-state index in [1.807, 2.05) is 36.4 Å². The molecule has 21 heavy (non-hydrogen) atoms. The number of halogens is 2. The van der Waals surface area contributed by atoms with Gasteiger partial charge in [0.1, 0.15) is 5.82 Å². The van der Waals surface area contributed by atoms with E-state index in [4.69, 9.17) is 0 Å². The lowest BCUT2D eigenvalue weighted by molar-refractivity contribution is 0.423. The highest BCUT2D eigenvalue weighted by molar-refractivity contribution is 9.10. The Morgan fingerprint density at radius 1 is 1.10 bits per heavy atom. The summed E-state index contributed by atoms with van der Waals surface area (Å²) in [5.74, 6) is -0.177. The zero-order valence-electron chi connectivity index (χ0n) is 12.4. The first-order valence-corrected chi connectivity index (χ1v) is 8.42. The van der Waals surface area contributed by atoms with Crippen molar-refractivity contribution in [2.24, 2.45) is 0 Å². The van der Waals surface area contributed by atoms with Gasteiger partial charge < -0.3 is 5.32 Å². The summed E-state index contributed by atoms with van der Waals surface area (Å²) in [7, 11) is 0. The zero-order valence-corrected chi connectivity index (χ0v) is 14.8. The van der Waals surface area contributed by atoms with Gasteiger partial charge in [0.15, 0.2) is 0 Å². The van der Waals surface area contributed by atoms with Crippen LogP contribution in [-0.2, 0) is 6.54 Å². The molecule has 2 aromatic rings. The van der Waals surface area contributed by atoms with Crippen molar-refractivity contribution in [1.29, 1.82) is 0 Å². The summed E-state index contributed by atoms with van der Waals surface area (Å²) in [6, 6.07) is 13.3. The Balaban J connectivity index is 2.11. The summed E-state index contributed by atoms with van der Waals surface area (Å²) in [6.45, 7) is 6.96. The van der Waals surface area contributed by atoms with Gasteiger partial charge in [0.25, 0.3) is 0 Å². The molecule has 2 rings (SSSR count). The number of nitrogens with one attached hydrogen (secondary N) is 1. The maximum Gasteiger partial charge on any atom is 0.137 e. The van der Waals surface area contributed by atoms with Crippen molar-refractivity contribution in [3.63, 3.8) is 0 Å². The van der Waals surface area contributed by atoms with E-state index in [0.717, 1.165) is 14.9 Å². The molecule has 0 saturated heterocycles. The largest absolute Gasteiger partial charge is 0.308 e. The fourth-order valence-corrected chi connectivity index (χ4v) is 3.12. The highest BCUT2D eigenvalue weighted by Crippen LogP contribution is 2.34. The maximum absolute atomic E-state index is 14.2. The van der Waals surface area contributed by atoms with Gasteiger partial charge in [0.05, 0.1) is 0 Å². The third-order valence-corrected chi connectivity index (χ3v) is 4.96. The molecule has 0 fully saturated rings. The number of hydrogen-bond donors (Lipinski definition) is 1. The molecule has 0 unspecified atom stereocenters. The van der Waals surface area contributed by atoms with E-state index in [0.29, 0.717) is 11.4 Å². The van der Waals surface area contributed by atoms with Gasteiger partial charge in [-0.05, 0) is 66.5 Å². The van der Waals surface area contributed by atoms with Crippen LogP contribution in [0.1, 0.15) is 26.3 Å². The molecular formula is C17H19BrFNS. The van der Waals surface area contributed by atoms with Crippen molar-refractivity contribution < 1.29 is 4.39 Å². The van der Waals surface area contributed by atoms with Crippen LogP contribution in [0.25, 0.3) is 0 Å². The maximum atomic E-state index is 14.2. The normalized spacial score (nSPS) is 11.7. The summed E-state index contributed by atoms with van der Waals surface area (Å²) in [4.78, 5) is 1.65. The van der Waals surface area contributed by atoms with Crippen molar-refractivity contribution in [1.82, 2.24) is 5.32 Å². The topological polar surface area (TPSA) is 12.0 Å².